The first-order chi connectivity index (χ1) is 5.07. The van der Waals surface area contributed by atoms with Crippen molar-refractivity contribution in [2.45, 2.75) is 27.2 Å². The fraction of sp³-hybridized carbons (Fsp3) is 0.500. The van der Waals surface area contributed by atoms with Crippen LogP contribution in [0, 0.1) is 0 Å². The van der Waals surface area contributed by atoms with Crippen LogP contribution in [0.5, 0.6) is 0 Å². The van der Waals surface area contributed by atoms with E-state index in [0.29, 0.717) is 11.9 Å². The summed E-state index contributed by atoms with van der Waals surface area (Å²) in [6.07, 6.45) is 4.29. The fourth-order valence-electron chi connectivity index (χ4n) is 0.660. The zero-order valence-electron chi connectivity index (χ0n) is 7.33. The molecule has 3 heteroatoms. The van der Waals surface area contributed by atoms with Crippen LogP contribution in [-0.4, -0.2) is 17.2 Å². The molecule has 0 radical (unpaired) electrons. The van der Waals surface area contributed by atoms with Gasteiger partial charge in [-0.2, -0.15) is 0 Å². The molecule has 0 unspecified atom stereocenters. The Morgan fingerprint density at radius 3 is 2.09 bits per heavy atom. The third kappa shape index (κ3) is 4.82. The molecule has 2 N–H and O–H groups in total. The predicted molar refractivity (Wildman–Crippen MR) is 48.0 cm³/mol. The summed E-state index contributed by atoms with van der Waals surface area (Å²) in [6.45, 7) is 5.82. The molecule has 0 heterocycles. The van der Waals surface area contributed by atoms with Gasteiger partial charge in [-0.1, -0.05) is 24.6 Å². The maximum Gasteiger partial charge on any atom is 0.484 e. The summed E-state index contributed by atoms with van der Waals surface area (Å²) in [6, 6.07) is 0. The van der Waals surface area contributed by atoms with E-state index >= 15 is 0 Å². The van der Waals surface area contributed by atoms with Crippen LogP contribution in [0.15, 0.2) is 23.2 Å². The van der Waals surface area contributed by atoms with Crippen LogP contribution in [0.2, 0.25) is 0 Å². The Balaban J connectivity index is 4.24. The molecule has 0 aliphatic heterocycles. The van der Waals surface area contributed by atoms with Gasteiger partial charge in [-0.15, -0.1) is 0 Å². The van der Waals surface area contributed by atoms with Crippen LogP contribution in [-0.2, 0) is 0 Å². The molecule has 0 fully saturated rings. The van der Waals surface area contributed by atoms with Crippen molar-refractivity contribution in [3.63, 3.8) is 0 Å². The van der Waals surface area contributed by atoms with Crippen LogP contribution < -0.4 is 0 Å². The molecular formula is C8H15BO2. The molecule has 0 aliphatic carbocycles. The summed E-state index contributed by atoms with van der Waals surface area (Å²) in [5.41, 5.74) is 1.79. The van der Waals surface area contributed by atoms with Crippen LogP contribution >= 0.6 is 0 Å². The maximum absolute atomic E-state index is 8.78. The van der Waals surface area contributed by atoms with E-state index in [9.17, 15) is 0 Å². The topological polar surface area (TPSA) is 40.5 Å². The van der Waals surface area contributed by atoms with Gasteiger partial charge in [0.25, 0.3) is 0 Å². The van der Waals surface area contributed by atoms with E-state index in [0.717, 1.165) is 5.57 Å². The van der Waals surface area contributed by atoms with Crippen LogP contribution in [0.25, 0.3) is 0 Å². The van der Waals surface area contributed by atoms with Crippen molar-refractivity contribution in [3.8, 4) is 0 Å². The van der Waals surface area contributed by atoms with Gasteiger partial charge >= 0.3 is 7.12 Å². The van der Waals surface area contributed by atoms with E-state index in [4.69, 9.17) is 10.0 Å². The smallest absolute Gasteiger partial charge is 0.423 e. The molecule has 0 bridgehead atoms. The van der Waals surface area contributed by atoms with Gasteiger partial charge in [-0.3, -0.25) is 0 Å². The minimum atomic E-state index is -1.31. The van der Waals surface area contributed by atoms with E-state index in [-0.39, 0.29) is 0 Å². The molecule has 0 spiro atoms. The summed E-state index contributed by atoms with van der Waals surface area (Å²) in [5.74, 6) is 0. The second-order valence-electron chi connectivity index (χ2n) is 2.71. The van der Waals surface area contributed by atoms with Crippen molar-refractivity contribution in [3.05, 3.63) is 23.2 Å². The first kappa shape index (κ1) is 10.5. The van der Waals surface area contributed by atoms with E-state index in [1.54, 1.807) is 6.08 Å². The Labute approximate surface area is 68.4 Å². The summed E-state index contributed by atoms with van der Waals surface area (Å²) >= 11 is 0. The molecule has 11 heavy (non-hydrogen) atoms. The SMILES string of the molecule is CC/C(=C\C=C(C)C)B(O)O. The zero-order chi connectivity index (χ0) is 8.85. The van der Waals surface area contributed by atoms with Crippen LogP contribution in [0.3, 0.4) is 0 Å². The standard InChI is InChI=1S/C8H15BO2/c1-4-8(9(10)11)6-5-7(2)3/h5-6,10-11H,4H2,1-3H3/b8-6+. The molecule has 0 amide bonds. The average molecular weight is 154 g/mol. The van der Waals surface area contributed by atoms with E-state index in [1.165, 1.54) is 0 Å². The van der Waals surface area contributed by atoms with Gasteiger partial charge in [0.2, 0.25) is 0 Å². The molecule has 62 valence electrons. The molecule has 0 saturated heterocycles. The Bertz CT molecular complexity index is 167. The van der Waals surface area contributed by atoms with Gasteiger partial charge in [-0.25, -0.2) is 0 Å². The monoisotopic (exact) mass is 154 g/mol. The Kier molecular flexibility index (Phi) is 4.91. The largest absolute Gasteiger partial charge is 0.484 e. The van der Waals surface area contributed by atoms with Gasteiger partial charge in [-0.05, 0) is 25.7 Å². The van der Waals surface area contributed by atoms with Crippen LogP contribution in [0.4, 0.5) is 0 Å². The molecular weight excluding hydrogens is 139 g/mol. The summed E-state index contributed by atoms with van der Waals surface area (Å²) in [4.78, 5) is 0. The van der Waals surface area contributed by atoms with Crippen molar-refractivity contribution < 1.29 is 10.0 Å². The van der Waals surface area contributed by atoms with Crippen LogP contribution in [0.1, 0.15) is 27.2 Å². The predicted octanol–water partition coefficient (Wildman–Crippen LogP) is 1.30. The maximum atomic E-state index is 8.78. The van der Waals surface area contributed by atoms with E-state index in [1.807, 2.05) is 26.8 Å². The summed E-state index contributed by atoms with van der Waals surface area (Å²) in [5, 5.41) is 17.6. The quantitative estimate of drug-likeness (QED) is 0.475. The molecule has 0 atom stereocenters. The van der Waals surface area contributed by atoms with Gasteiger partial charge in [0, 0.05) is 0 Å². The van der Waals surface area contributed by atoms with Gasteiger partial charge in [0.1, 0.15) is 0 Å². The zero-order valence-corrected chi connectivity index (χ0v) is 7.33. The molecule has 0 aromatic rings. The highest BCUT2D eigenvalue weighted by atomic mass is 16.4. The molecule has 0 aromatic heterocycles. The fourth-order valence-corrected chi connectivity index (χ4v) is 0.660. The molecule has 0 aliphatic rings. The lowest BCUT2D eigenvalue weighted by molar-refractivity contribution is 0.417. The van der Waals surface area contributed by atoms with Crippen molar-refractivity contribution in [2.75, 3.05) is 0 Å². The molecule has 0 saturated carbocycles. The van der Waals surface area contributed by atoms with E-state index in [2.05, 4.69) is 0 Å². The average Bonchev–Trinajstić information content (AvgIpc) is 1.87. The lowest BCUT2D eigenvalue weighted by Gasteiger charge is -1.99. The third-order valence-corrected chi connectivity index (χ3v) is 1.37. The minimum Gasteiger partial charge on any atom is -0.423 e. The lowest BCUT2D eigenvalue weighted by Crippen LogP contribution is -2.14. The first-order valence-electron chi connectivity index (χ1n) is 3.78. The molecule has 2 nitrogen and oxygen atoms in total. The van der Waals surface area contributed by atoms with Gasteiger partial charge in [0.05, 0.1) is 0 Å². The highest BCUT2D eigenvalue weighted by molar-refractivity contribution is 6.50. The number of hydrogen-bond donors (Lipinski definition) is 2. The number of hydrogen-bond acceptors (Lipinski definition) is 2. The first-order valence-corrected chi connectivity index (χ1v) is 3.78. The minimum absolute atomic E-state index is 0.645. The second-order valence-corrected chi connectivity index (χ2v) is 2.71. The third-order valence-electron chi connectivity index (χ3n) is 1.37. The number of allylic oxidation sites excluding steroid dienone is 4. The number of rotatable bonds is 3. The Morgan fingerprint density at radius 2 is 1.82 bits per heavy atom. The molecule has 0 rings (SSSR count). The van der Waals surface area contributed by atoms with Crippen molar-refractivity contribution >= 4 is 7.12 Å². The van der Waals surface area contributed by atoms with Crippen molar-refractivity contribution in [1.82, 2.24) is 0 Å². The lowest BCUT2D eigenvalue weighted by atomic mass is 9.77. The highest BCUT2D eigenvalue weighted by Crippen LogP contribution is 2.03. The Hall–Kier alpha value is -0.535. The van der Waals surface area contributed by atoms with Gasteiger partial charge in [0.15, 0.2) is 0 Å². The summed E-state index contributed by atoms with van der Waals surface area (Å²) in [7, 11) is -1.31. The van der Waals surface area contributed by atoms with Crippen molar-refractivity contribution in [2.24, 2.45) is 0 Å². The normalized spacial score (nSPS) is 11.2. The highest BCUT2D eigenvalue weighted by Gasteiger charge is 2.10. The van der Waals surface area contributed by atoms with Crippen molar-refractivity contribution in [1.29, 1.82) is 0 Å². The van der Waals surface area contributed by atoms with Gasteiger partial charge < -0.3 is 10.0 Å². The molecule has 0 aromatic carbocycles. The Morgan fingerprint density at radius 1 is 1.27 bits per heavy atom. The second kappa shape index (κ2) is 5.16. The summed E-state index contributed by atoms with van der Waals surface area (Å²) < 4.78 is 0. The van der Waals surface area contributed by atoms with E-state index < -0.39 is 7.12 Å².